The van der Waals surface area contributed by atoms with Crippen LogP contribution in [0.25, 0.3) is 10.9 Å². The van der Waals surface area contributed by atoms with E-state index in [0.29, 0.717) is 18.9 Å². The fraction of sp³-hybridized carbons (Fsp3) is 0.529. The van der Waals surface area contributed by atoms with Crippen LogP contribution in [0.2, 0.25) is 0 Å². The van der Waals surface area contributed by atoms with Gasteiger partial charge in [0, 0.05) is 30.8 Å². The van der Waals surface area contributed by atoms with E-state index >= 15 is 0 Å². The van der Waals surface area contributed by atoms with Gasteiger partial charge in [0.2, 0.25) is 10.0 Å². The lowest BCUT2D eigenvalue weighted by molar-refractivity contribution is 0.313. The Labute approximate surface area is 138 Å². The highest BCUT2D eigenvalue weighted by molar-refractivity contribution is 7.89. The molecule has 0 aliphatic carbocycles. The summed E-state index contributed by atoms with van der Waals surface area (Å²) in [6, 6.07) is 10.5. The number of fused-ring (bicyclic) bond motifs is 1. The summed E-state index contributed by atoms with van der Waals surface area (Å²) >= 11 is 0. The smallest absolute Gasteiger partial charge is 0.211 e. The van der Waals surface area contributed by atoms with Crippen molar-refractivity contribution in [3.8, 4) is 0 Å². The van der Waals surface area contributed by atoms with Gasteiger partial charge in [0.1, 0.15) is 0 Å². The second kappa shape index (κ2) is 7.03. The summed E-state index contributed by atoms with van der Waals surface area (Å²) < 4.78 is 26.2. The normalized spacial score (nSPS) is 19.6. The number of aromatic amines is 1. The van der Waals surface area contributed by atoms with Crippen LogP contribution < -0.4 is 4.72 Å². The third kappa shape index (κ3) is 4.34. The predicted molar refractivity (Wildman–Crippen MR) is 93.8 cm³/mol. The fourth-order valence-corrected chi connectivity index (χ4v) is 4.44. The van der Waals surface area contributed by atoms with Gasteiger partial charge in [-0.05, 0) is 42.8 Å². The molecule has 0 saturated carbocycles. The van der Waals surface area contributed by atoms with Gasteiger partial charge in [0.05, 0.1) is 5.75 Å². The van der Waals surface area contributed by atoms with E-state index < -0.39 is 10.0 Å². The first-order valence-electron chi connectivity index (χ1n) is 8.32. The van der Waals surface area contributed by atoms with Crippen LogP contribution in [-0.4, -0.2) is 43.7 Å². The summed E-state index contributed by atoms with van der Waals surface area (Å²) in [7, 11) is -3.09. The van der Waals surface area contributed by atoms with Crippen molar-refractivity contribution in [1.29, 1.82) is 0 Å². The maximum atomic E-state index is 11.7. The molecule has 0 radical (unpaired) electrons. The third-order valence-corrected chi connectivity index (χ3v) is 5.97. The molecule has 0 bridgehead atoms. The molecule has 0 amide bonds. The van der Waals surface area contributed by atoms with Crippen LogP contribution in [0.5, 0.6) is 0 Å². The minimum atomic E-state index is -3.09. The van der Waals surface area contributed by atoms with Gasteiger partial charge >= 0.3 is 0 Å². The molecule has 1 aliphatic rings. The molecule has 2 heterocycles. The Balaban J connectivity index is 1.51. The zero-order valence-electron chi connectivity index (χ0n) is 13.6. The molecule has 2 aromatic rings. The largest absolute Gasteiger partial charge is 0.357 e. The maximum Gasteiger partial charge on any atom is 0.211 e. The molecule has 1 aromatic carbocycles. The van der Waals surface area contributed by atoms with Gasteiger partial charge in [-0.1, -0.05) is 25.1 Å². The number of H-pyrrole nitrogens is 1. The highest BCUT2D eigenvalue weighted by atomic mass is 32.2. The van der Waals surface area contributed by atoms with Crippen molar-refractivity contribution < 1.29 is 8.42 Å². The Morgan fingerprint density at radius 2 is 2.17 bits per heavy atom. The first-order valence-corrected chi connectivity index (χ1v) is 9.97. The molecular formula is C17H25N3O2S. The van der Waals surface area contributed by atoms with Crippen LogP contribution in [0.1, 0.15) is 25.5 Å². The molecule has 3 rings (SSSR count). The van der Waals surface area contributed by atoms with Gasteiger partial charge in [0.25, 0.3) is 0 Å². The molecule has 1 aliphatic heterocycles. The molecule has 1 aromatic heterocycles. The van der Waals surface area contributed by atoms with Crippen LogP contribution in [0.3, 0.4) is 0 Å². The Hall–Kier alpha value is -1.37. The average molecular weight is 335 g/mol. The lowest BCUT2D eigenvalue weighted by Crippen LogP contribution is -2.32. The van der Waals surface area contributed by atoms with Gasteiger partial charge in [-0.25, -0.2) is 13.1 Å². The van der Waals surface area contributed by atoms with E-state index in [0.717, 1.165) is 26.1 Å². The summed E-state index contributed by atoms with van der Waals surface area (Å²) in [5.41, 5.74) is 2.39. The topological polar surface area (TPSA) is 65.2 Å². The molecule has 1 saturated heterocycles. The quantitative estimate of drug-likeness (QED) is 0.816. The summed E-state index contributed by atoms with van der Waals surface area (Å²) in [4.78, 5) is 5.85. The van der Waals surface area contributed by atoms with Gasteiger partial charge in [-0.15, -0.1) is 0 Å². The monoisotopic (exact) mass is 335 g/mol. The zero-order chi connectivity index (χ0) is 16.3. The molecule has 1 unspecified atom stereocenters. The lowest BCUT2D eigenvalue weighted by Gasteiger charge is -2.15. The molecule has 2 N–H and O–H groups in total. The summed E-state index contributed by atoms with van der Waals surface area (Å²) in [6.07, 6.45) is 1.71. The number of para-hydroxylation sites is 1. The van der Waals surface area contributed by atoms with E-state index in [-0.39, 0.29) is 5.75 Å². The fourth-order valence-electron chi connectivity index (χ4n) is 3.27. The lowest BCUT2D eigenvalue weighted by atomic mass is 10.1. The van der Waals surface area contributed by atoms with Crippen LogP contribution >= 0.6 is 0 Å². The van der Waals surface area contributed by atoms with Crippen molar-refractivity contribution >= 4 is 20.9 Å². The molecule has 126 valence electrons. The standard InChI is InChI=1S/C17H25N3O2S/c1-2-9-23(21,22)18-11-14-7-8-20(12-14)13-16-10-15-5-3-4-6-17(15)19-16/h3-6,10,14,18-19H,2,7-9,11-13H2,1H3. The predicted octanol–water partition coefficient (Wildman–Crippen LogP) is 2.32. The van der Waals surface area contributed by atoms with Gasteiger partial charge < -0.3 is 4.98 Å². The number of nitrogens with one attached hydrogen (secondary N) is 2. The number of rotatable bonds is 7. The van der Waals surface area contributed by atoms with Crippen LogP contribution in [-0.2, 0) is 16.6 Å². The van der Waals surface area contributed by atoms with Crippen molar-refractivity contribution in [2.24, 2.45) is 5.92 Å². The number of benzene rings is 1. The minimum Gasteiger partial charge on any atom is -0.357 e. The first-order chi connectivity index (χ1) is 11.1. The van der Waals surface area contributed by atoms with Crippen molar-refractivity contribution in [3.63, 3.8) is 0 Å². The van der Waals surface area contributed by atoms with Crippen molar-refractivity contribution in [1.82, 2.24) is 14.6 Å². The van der Waals surface area contributed by atoms with Crippen LogP contribution in [0.15, 0.2) is 30.3 Å². The van der Waals surface area contributed by atoms with Gasteiger partial charge in [-0.3, -0.25) is 4.90 Å². The van der Waals surface area contributed by atoms with Crippen molar-refractivity contribution in [2.45, 2.75) is 26.3 Å². The molecular weight excluding hydrogens is 310 g/mol. The summed E-state index contributed by atoms with van der Waals surface area (Å²) in [5.74, 6) is 0.629. The van der Waals surface area contributed by atoms with E-state index in [9.17, 15) is 8.42 Å². The van der Waals surface area contributed by atoms with E-state index in [1.165, 1.54) is 16.6 Å². The summed E-state index contributed by atoms with van der Waals surface area (Å²) in [5, 5.41) is 1.24. The van der Waals surface area contributed by atoms with E-state index in [4.69, 9.17) is 0 Å². The van der Waals surface area contributed by atoms with Gasteiger partial charge in [0.15, 0.2) is 0 Å². The highest BCUT2D eigenvalue weighted by Crippen LogP contribution is 2.20. The zero-order valence-corrected chi connectivity index (χ0v) is 14.4. The van der Waals surface area contributed by atoms with Crippen molar-refractivity contribution in [3.05, 3.63) is 36.0 Å². The van der Waals surface area contributed by atoms with Crippen LogP contribution in [0.4, 0.5) is 0 Å². The number of hydrogen-bond donors (Lipinski definition) is 2. The number of nitrogens with zero attached hydrogens (tertiary/aromatic N) is 1. The molecule has 6 heteroatoms. The van der Waals surface area contributed by atoms with E-state index in [1.54, 1.807) is 0 Å². The first kappa shape index (κ1) is 16.5. The second-order valence-electron chi connectivity index (χ2n) is 6.44. The highest BCUT2D eigenvalue weighted by Gasteiger charge is 2.24. The maximum absolute atomic E-state index is 11.7. The van der Waals surface area contributed by atoms with Gasteiger partial charge in [-0.2, -0.15) is 0 Å². The molecule has 5 nitrogen and oxygen atoms in total. The Kier molecular flexibility index (Phi) is 5.04. The molecule has 0 spiro atoms. The molecule has 23 heavy (non-hydrogen) atoms. The molecule has 1 atom stereocenters. The Morgan fingerprint density at radius 1 is 1.35 bits per heavy atom. The van der Waals surface area contributed by atoms with Crippen LogP contribution in [0, 0.1) is 5.92 Å². The Morgan fingerprint density at radius 3 is 2.96 bits per heavy atom. The Bertz CT molecular complexity index is 721. The number of aromatic nitrogens is 1. The minimum absolute atomic E-state index is 0.221. The average Bonchev–Trinajstić information content (AvgIpc) is 3.11. The SMILES string of the molecule is CCCS(=O)(=O)NCC1CCN(Cc2cc3ccccc3[nH]2)C1. The van der Waals surface area contributed by atoms with E-state index in [1.807, 2.05) is 19.1 Å². The number of sulfonamides is 1. The molecule has 1 fully saturated rings. The van der Waals surface area contributed by atoms with Crippen molar-refractivity contribution in [2.75, 3.05) is 25.4 Å². The number of likely N-dealkylation sites (tertiary alicyclic amines) is 1. The number of hydrogen-bond acceptors (Lipinski definition) is 3. The van der Waals surface area contributed by atoms with E-state index in [2.05, 4.69) is 32.8 Å². The third-order valence-electron chi connectivity index (χ3n) is 4.41. The summed E-state index contributed by atoms with van der Waals surface area (Å²) in [6.45, 7) is 5.31. The second-order valence-corrected chi connectivity index (χ2v) is 8.37.